The zero-order chi connectivity index (χ0) is 15.8. The summed E-state index contributed by atoms with van der Waals surface area (Å²) in [6, 6.07) is 15.8. The normalized spacial score (nSPS) is 10.6. The largest absolute Gasteiger partial charge is 0.489 e. The lowest BCUT2D eigenvalue weighted by Crippen LogP contribution is -1.99. The fourth-order valence-electron chi connectivity index (χ4n) is 1.98. The molecule has 0 heterocycles. The number of aryl methyl sites for hydroxylation is 1. The molecule has 0 aliphatic carbocycles. The van der Waals surface area contributed by atoms with Crippen molar-refractivity contribution in [2.45, 2.75) is 20.5 Å². The Morgan fingerprint density at radius 1 is 1.14 bits per heavy atom. The second kappa shape index (κ2) is 8.03. The molecular formula is C19H20O3. The summed E-state index contributed by atoms with van der Waals surface area (Å²) < 4.78 is 10.7. The molecule has 0 unspecified atom stereocenters. The molecule has 0 atom stereocenters. The molecule has 22 heavy (non-hydrogen) atoms. The van der Waals surface area contributed by atoms with Gasteiger partial charge in [0.05, 0.1) is 6.61 Å². The van der Waals surface area contributed by atoms with Gasteiger partial charge in [-0.15, -0.1) is 0 Å². The third-order valence-electron chi connectivity index (χ3n) is 3.18. The summed E-state index contributed by atoms with van der Waals surface area (Å²) in [7, 11) is 0. The molecular weight excluding hydrogens is 276 g/mol. The quantitative estimate of drug-likeness (QED) is 0.593. The third-order valence-corrected chi connectivity index (χ3v) is 3.18. The van der Waals surface area contributed by atoms with Gasteiger partial charge in [0.1, 0.15) is 12.4 Å². The number of rotatable bonds is 6. The highest BCUT2D eigenvalue weighted by molar-refractivity contribution is 5.87. The maximum Gasteiger partial charge on any atom is 0.330 e. The summed E-state index contributed by atoms with van der Waals surface area (Å²) in [4.78, 5) is 11.4. The Morgan fingerprint density at radius 2 is 1.91 bits per heavy atom. The number of carbonyl (C=O) groups excluding carboxylic acids is 1. The van der Waals surface area contributed by atoms with E-state index in [1.165, 1.54) is 6.08 Å². The Morgan fingerprint density at radius 3 is 2.64 bits per heavy atom. The van der Waals surface area contributed by atoms with E-state index in [1.54, 1.807) is 13.0 Å². The lowest BCUT2D eigenvalue weighted by Gasteiger charge is -2.08. The summed E-state index contributed by atoms with van der Waals surface area (Å²) >= 11 is 0. The summed E-state index contributed by atoms with van der Waals surface area (Å²) in [6.07, 6.45) is 3.19. The average Bonchev–Trinajstić information content (AvgIpc) is 2.54. The Balaban J connectivity index is 2.04. The molecule has 2 aromatic rings. The van der Waals surface area contributed by atoms with Crippen LogP contribution in [0.3, 0.4) is 0 Å². The highest BCUT2D eigenvalue weighted by atomic mass is 16.5. The van der Waals surface area contributed by atoms with Crippen molar-refractivity contribution in [3.8, 4) is 5.75 Å². The van der Waals surface area contributed by atoms with Gasteiger partial charge < -0.3 is 9.47 Å². The number of benzene rings is 2. The van der Waals surface area contributed by atoms with E-state index in [0.717, 1.165) is 22.4 Å². The minimum atomic E-state index is -0.336. The zero-order valence-corrected chi connectivity index (χ0v) is 12.9. The minimum Gasteiger partial charge on any atom is -0.489 e. The van der Waals surface area contributed by atoms with E-state index in [2.05, 4.69) is 0 Å². The Kier molecular flexibility index (Phi) is 5.78. The number of ether oxygens (including phenoxy) is 2. The van der Waals surface area contributed by atoms with Crippen molar-refractivity contribution >= 4 is 12.0 Å². The highest BCUT2D eigenvalue weighted by Gasteiger charge is 2.01. The molecule has 0 fully saturated rings. The Labute approximate surface area is 131 Å². The van der Waals surface area contributed by atoms with E-state index in [1.807, 2.05) is 55.5 Å². The second-order valence-corrected chi connectivity index (χ2v) is 4.88. The molecule has 0 aromatic heterocycles. The lowest BCUT2D eigenvalue weighted by atomic mass is 10.1. The second-order valence-electron chi connectivity index (χ2n) is 4.88. The first-order chi connectivity index (χ1) is 10.7. The molecule has 0 spiro atoms. The van der Waals surface area contributed by atoms with Crippen LogP contribution in [-0.4, -0.2) is 12.6 Å². The van der Waals surface area contributed by atoms with Gasteiger partial charge in [-0.25, -0.2) is 4.79 Å². The van der Waals surface area contributed by atoms with Crippen LogP contribution in [0.5, 0.6) is 5.75 Å². The zero-order valence-electron chi connectivity index (χ0n) is 12.9. The molecule has 0 saturated heterocycles. The van der Waals surface area contributed by atoms with Crippen molar-refractivity contribution in [1.29, 1.82) is 0 Å². The van der Waals surface area contributed by atoms with Crippen LogP contribution in [0.2, 0.25) is 0 Å². The number of hydrogen-bond acceptors (Lipinski definition) is 3. The molecule has 0 N–H and O–H groups in total. The first kappa shape index (κ1) is 15.8. The topological polar surface area (TPSA) is 35.5 Å². The van der Waals surface area contributed by atoms with Crippen LogP contribution in [0.4, 0.5) is 0 Å². The number of hydrogen-bond donors (Lipinski definition) is 0. The van der Waals surface area contributed by atoms with Crippen molar-refractivity contribution < 1.29 is 14.3 Å². The van der Waals surface area contributed by atoms with Crippen LogP contribution >= 0.6 is 0 Å². The van der Waals surface area contributed by atoms with Crippen molar-refractivity contribution in [3.05, 3.63) is 71.3 Å². The van der Waals surface area contributed by atoms with Gasteiger partial charge in [-0.3, -0.25) is 0 Å². The predicted octanol–water partition coefficient (Wildman–Crippen LogP) is 4.15. The van der Waals surface area contributed by atoms with Crippen LogP contribution in [0.1, 0.15) is 23.6 Å². The van der Waals surface area contributed by atoms with Gasteiger partial charge in [0.15, 0.2) is 0 Å². The summed E-state index contributed by atoms with van der Waals surface area (Å²) in [5, 5.41) is 0. The number of carbonyl (C=O) groups is 1. The fourth-order valence-corrected chi connectivity index (χ4v) is 1.98. The van der Waals surface area contributed by atoms with Crippen LogP contribution in [-0.2, 0) is 16.1 Å². The molecule has 3 nitrogen and oxygen atoms in total. The van der Waals surface area contributed by atoms with Crippen molar-refractivity contribution in [1.82, 2.24) is 0 Å². The Bertz CT molecular complexity index is 645. The lowest BCUT2D eigenvalue weighted by molar-refractivity contribution is -0.137. The molecule has 2 aromatic carbocycles. The van der Waals surface area contributed by atoms with Gasteiger partial charge in [0.2, 0.25) is 0 Å². The molecule has 0 saturated carbocycles. The summed E-state index contributed by atoms with van der Waals surface area (Å²) in [6.45, 7) is 4.67. The van der Waals surface area contributed by atoms with E-state index in [4.69, 9.17) is 9.47 Å². The highest BCUT2D eigenvalue weighted by Crippen LogP contribution is 2.20. The van der Waals surface area contributed by atoms with Gasteiger partial charge in [-0.2, -0.15) is 0 Å². The van der Waals surface area contributed by atoms with Crippen molar-refractivity contribution in [3.63, 3.8) is 0 Å². The van der Waals surface area contributed by atoms with Crippen molar-refractivity contribution in [2.75, 3.05) is 6.61 Å². The van der Waals surface area contributed by atoms with Gasteiger partial charge in [-0.1, -0.05) is 36.4 Å². The number of esters is 1. The van der Waals surface area contributed by atoms with Crippen molar-refractivity contribution in [2.24, 2.45) is 0 Å². The third kappa shape index (κ3) is 4.77. The molecule has 2 rings (SSSR count). The molecule has 0 aliphatic rings. The SMILES string of the molecule is CCOC(=O)/C=C/c1cc(OCc2ccccc2)ccc1C. The maximum absolute atomic E-state index is 11.4. The van der Waals surface area contributed by atoms with Gasteiger partial charge in [0.25, 0.3) is 0 Å². The molecule has 0 aliphatic heterocycles. The standard InChI is InChI=1S/C19H20O3/c1-3-21-19(20)12-10-17-13-18(11-9-15(17)2)22-14-16-7-5-4-6-8-16/h4-13H,3,14H2,1-2H3/b12-10+. The maximum atomic E-state index is 11.4. The fraction of sp³-hybridized carbons (Fsp3) is 0.211. The molecule has 0 amide bonds. The van der Waals surface area contributed by atoms with E-state index in [0.29, 0.717) is 13.2 Å². The van der Waals surface area contributed by atoms with Crippen LogP contribution in [0.25, 0.3) is 6.08 Å². The van der Waals surface area contributed by atoms with E-state index >= 15 is 0 Å². The molecule has 114 valence electrons. The first-order valence-electron chi connectivity index (χ1n) is 7.31. The smallest absolute Gasteiger partial charge is 0.330 e. The van der Waals surface area contributed by atoms with E-state index in [-0.39, 0.29) is 5.97 Å². The van der Waals surface area contributed by atoms with Gasteiger partial charge in [-0.05, 0) is 48.7 Å². The summed E-state index contributed by atoms with van der Waals surface area (Å²) in [5.41, 5.74) is 3.14. The molecule has 0 radical (unpaired) electrons. The average molecular weight is 296 g/mol. The predicted molar refractivity (Wildman–Crippen MR) is 87.6 cm³/mol. The minimum absolute atomic E-state index is 0.336. The molecule has 0 bridgehead atoms. The van der Waals surface area contributed by atoms with E-state index < -0.39 is 0 Å². The van der Waals surface area contributed by atoms with Gasteiger partial charge in [0, 0.05) is 6.08 Å². The monoisotopic (exact) mass is 296 g/mol. The van der Waals surface area contributed by atoms with Crippen LogP contribution in [0, 0.1) is 6.92 Å². The Hall–Kier alpha value is -2.55. The molecule has 3 heteroatoms. The van der Waals surface area contributed by atoms with Crippen LogP contribution in [0.15, 0.2) is 54.6 Å². The van der Waals surface area contributed by atoms with Crippen LogP contribution < -0.4 is 4.74 Å². The summed E-state index contributed by atoms with van der Waals surface area (Å²) in [5.74, 6) is 0.440. The van der Waals surface area contributed by atoms with E-state index in [9.17, 15) is 4.79 Å². The van der Waals surface area contributed by atoms with Gasteiger partial charge >= 0.3 is 5.97 Å². The first-order valence-corrected chi connectivity index (χ1v) is 7.31.